The largest absolute Gasteiger partial charge is 0.421 e. The molecule has 0 aliphatic heterocycles. The third-order valence-electron chi connectivity index (χ3n) is 18.7. The highest BCUT2D eigenvalue weighted by molar-refractivity contribution is 5.67. The molecule has 0 saturated carbocycles. The van der Waals surface area contributed by atoms with Crippen LogP contribution in [0.5, 0.6) is 0 Å². The maximum absolute atomic E-state index is 5.79. The number of anilines is 12. The van der Waals surface area contributed by atoms with Gasteiger partial charge in [0.05, 0.1) is 130 Å². The Morgan fingerprint density at radius 2 is 0.500 bits per heavy atom. The van der Waals surface area contributed by atoms with E-state index < -0.39 is 0 Å². The zero-order valence-corrected chi connectivity index (χ0v) is 64.1. The van der Waals surface area contributed by atoms with Gasteiger partial charge in [-0.1, -0.05) is 20.5 Å². The van der Waals surface area contributed by atoms with Crippen LogP contribution >= 0.6 is 0 Å². The summed E-state index contributed by atoms with van der Waals surface area (Å²) in [6, 6.07) is 63.3. The first-order chi connectivity index (χ1) is 54.8. The van der Waals surface area contributed by atoms with Crippen LogP contribution in [0, 0.1) is 0 Å². The first-order valence-corrected chi connectivity index (χ1v) is 37.5. The summed E-state index contributed by atoms with van der Waals surface area (Å²) in [5.74, 6) is 3.20. The molecule has 112 heavy (non-hydrogen) atoms. The first-order valence-electron chi connectivity index (χ1n) is 37.5. The predicted molar refractivity (Wildman–Crippen MR) is 439 cm³/mol. The second-order valence-corrected chi connectivity index (χ2v) is 27.2. The van der Waals surface area contributed by atoms with Gasteiger partial charge in [0.25, 0.3) is 0 Å². The molecule has 28 nitrogen and oxygen atoms in total. The van der Waals surface area contributed by atoms with E-state index in [9.17, 15) is 0 Å². The van der Waals surface area contributed by atoms with E-state index in [1.165, 1.54) is 0 Å². The molecule has 0 fully saturated rings. The van der Waals surface area contributed by atoms with Crippen LogP contribution in [0.3, 0.4) is 0 Å². The van der Waals surface area contributed by atoms with Crippen molar-refractivity contribution >= 4 is 115 Å². The molecule has 0 aliphatic carbocycles. The topological polar surface area (TPSA) is 276 Å². The highest BCUT2D eigenvalue weighted by Crippen LogP contribution is 2.29. The fourth-order valence-corrected chi connectivity index (χ4v) is 12.5. The van der Waals surface area contributed by atoms with Gasteiger partial charge in [-0.05, 0) is 194 Å². The molecular formula is C84H98N28+6. The predicted octanol–water partition coefficient (Wildman–Crippen LogP) is 16.3. The maximum Gasteiger partial charge on any atom is 0.421 e. The molecule has 0 amide bonds. The third kappa shape index (κ3) is 21.6. The van der Waals surface area contributed by atoms with Crippen LogP contribution in [0.1, 0.15) is 25.7 Å². The summed E-state index contributed by atoms with van der Waals surface area (Å²) < 4.78 is 25.5. The Hall–Kier alpha value is -14.2. The molecule has 6 heterocycles. The maximum atomic E-state index is 5.79. The molecular weight excluding hydrogens is 1400 g/mol. The minimum absolute atomic E-state index is 0.738. The SMILES string of the molecule is CNc1ccc(Nc2ccc(N=Nc3n(CCCn4cc[n+](CCCn5cc[n+](C)c5N=Nc5ccc(Nc6ccc(NC)cc6)cc5)c4)cc[n+]3C)cc2)cc1.C[n+]1ccn(CCCn2cc[n+](CCCn3cc[n+](C)c3N=Nc3ccc(Nc4ccc(N)cc4)cc3)c2)c1N=Nc1ccc(Nc2ccc(N)cc2)cc1. The van der Waals surface area contributed by atoms with E-state index in [2.05, 4.69) is 172 Å². The van der Waals surface area contributed by atoms with Crippen molar-refractivity contribution in [2.45, 2.75) is 78.0 Å². The van der Waals surface area contributed by atoms with Gasteiger partial charge in [-0.15, -0.1) is 0 Å². The second kappa shape index (κ2) is 37.6. The van der Waals surface area contributed by atoms with Gasteiger partial charge in [0, 0.05) is 128 Å². The fourth-order valence-electron chi connectivity index (χ4n) is 12.5. The zero-order valence-electron chi connectivity index (χ0n) is 64.1. The van der Waals surface area contributed by atoms with Crippen molar-refractivity contribution in [1.82, 2.24) is 27.4 Å². The van der Waals surface area contributed by atoms with Gasteiger partial charge in [0.1, 0.15) is 47.5 Å². The molecule has 28 heteroatoms. The lowest BCUT2D eigenvalue weighted by atomic mass is 10.2. The van der Waals surface area contributed by atoms with Gasteiger partial charge in [-0.25, -0.2) is 54.8 Å². The normalized spacial score (nSPS) is 11.5. The number of hydrogen-bond donors (Lipinski definition) is 8. The summed E-state index contributed by atoms with van der Waals surface area (Å²) in [6.07, 6.45) is 33.0. The van der Waals surface area contributed by atoms with Crippen molar-refractivity contribution in [2.24, 2.45) is 69.1 Å². The Balaban J connectivity index is 0.000000196. The molecule has 8 aromatic carbocycles. The highest BCUT2D eigenvalue weighted by Gasteiger charge is 2.20. The third-order valence-corrected chi connectivity index (χ3v) is 18.7. The Morgan fingerprint density at radius 1 is 0.268 bits per heavy atom. The number of hydrogen-bond acceptors (Lipinski definition) is 16. The molecule has 0 unspecified atom stereocenters. The molecule has 0 bridgehead atoms. The summed E-state index contributed by atoms with van der Waals surface area (Å²) in [7, 11) is 11.8. The summed E-state index contributed by atoms with van der Waals surface area (Å²) in [4.78, 5) is 0. The molecule has 568 valence electrons. The Morgan fingerprint density at radius 3 is 0.759 bits per heavy atom. The van der Waals surface area contributed by atoms with Crippen LogP contribution < -0.4 is 70.8 Å². The highest BCUT2D eigenvalue weighted by atomic mass is 15.3. The molecule has 14 aromatic rings. The number of nitrogen functional groups attached to an aromatic ring is 2. The lowest BCUT2D eigenvalue weighted by Crippen LogP contribution is -2.32. The number of nitrogens with two attached hydrogens (primary N) is 2. The van der Waals surface area contributed by atoms with Gasteiger partial charge >= 0.3 is 23.8 Å². The number of aryl methyl sites for hydroxylation is 12. The van der Waals surface area contributed by atoms with E-state index in [-0.39, 0.29) is 0 Å². The molecule has 10 N–H and O–H groups in total. The average Bonchev–Trinajstić information content (AvgIpc) is 1.79. The molecule has 0 saturated heterocycles. The number of nitrogens with one attached hydrogen (secondary N) is 6. The van der Waals surface area contributed by atoms with E-state index in [1.54, 1.807) is 0 Å². The molecule has 0 atom stereocenters. The van der Waals surface area contributed by atoms with Crippen LogP contribution in [0.25, 0.3) is 0 Å². The minimum Gasteiger partial charge on any atom is -0.399 e. The average molecular weight is 1500 g/mol. The van der Waals surface area contributed by atoms with Gasteiger partial charge in [-0.2, -0.15) is 0 Å². The van der Waals surface area contributed by atoms with Gasteiger partial charge in [0.15, 0.2) is 0 Å². The van der Waals surface area contributed by atoms with Crippen molar-refractivity contribution in [2.75, 3.05) is 57.5 Å². The number of nitrogens with zero attached hydrogens (tertiary/aromatic N) is 20. The summed E-state index contributed by atoms with van der Waals surface area (Å²) in [6.45, 7) is 6.89. The second-order valence-electron chi connectivity index (χ2n) is 27.2. The van der Waals surface area contributed by atoms with Crippen LogP contribution in [0.4, 0.5) is 115 Å². The van der Waals surface area contributed by atoms with Crippen LogP contribution in [0.2, 0.25) is 0 Å². The number of imidazole rings is 6. The smallest absolute Gasteiger partial charge is 0.399 e. The van der Waals surface area contributed by atoms with E-state index in [1.807, 2.05) is 279 Å². The lowest BCUT2D eigenvalue weighted by molar-refractivity contribution is -0.697. The first kappa shape index (κ1) is 76.0. The lowest BCUT2D eigenvalue weighted by Gasteiger charge is -2.07. The van der Waals surface area contributed by atoms with Crippen molar-refractivity contribution in [3.63, 3.8) is 0 Å². The van der Waals surface area contributed by atoms with E-state index in [4.69, 9.17) is 11.5 Å². The van der Waals surface area contributed by atoms with E-state index >= 15 is 0 Å². The monoisotopic (exact) mass is 1500 g/mol. The number of rotatable bonds is 34. The Bertz CT molecular complexity index is 5080. The standard InChI is InChI=1S/C43H49N14.C41H45N14/c1-44-34-7-11-36(12-8-34)46-38-15-19-40(20-16-38)48-50-42-52(3)27-31-56(42)25-5-23-54-29-30-55(33-54)24-6-26-57-32-28-53(4)43(57)51-49-41-21-17-39(18-22-41)47-37-13-9-35(45-2)10-14-37;1-50-25-29-54(40(50)48-46-38-17-13-36(14-18-38)44-34-9-5-32(42)6-10-34)23-3-21-52-27-28-53(31-52)22-4-24-55-30-26-51(2)41(55)49-47-39-19-15-37(16-20-39)45-35-11-7-33(43)8-12-35/h7-22,27-33H,5-6,23-26H2,1-4H3,(H2,44,45,48,49);5-20,25-31H,3-4,21-24H2,1-2H3,(H4,42,43,46,47)/q2*+1/p+4. The molecule has 0 spiro atoms. The summed E-state index contributed by atoms with van der Waals surface area (Å²) in [5.41, 5.74) is 26.3. The summed E-state index contributed by atoms with van der Waals surface area (Å²) in [5, 5.41) is 56.3. The Kier molecular flexibility index (Phi) is 25.5. The molecule has 0 aliphatic rings. The quantitative estimate of drug-likeness (QED) is 0.0109. The number of azo groups is 4. The molecule has 0 radical (unpaired) electrons. The number of aromatic nitrogens is 12. The summed E-state index contributed by atoms with van der Waals surface area (Å²) >= 11 is 0. The van der Waals surface area contributed by atoms with E-state index in [0.29, 0.717) is 0 Å². The van der Waals surface area contributed by atoms with Crippen molar-refractivity contribution in [1.29, 1.82) is 0 Å². The fraction of sp³-hybridized carbons (Fsp3) is 0.214. The zero-order chi connectivity index (χ0) is 77.4. The minimum atomic E-state index is 0.738. The number of benzene rings is 8. The van der Waals surface area contributed by atoms with Gasteiger partial charge in [0.2, 0.25) is 12.7 Å². The van der Waals surface area contributed by atoms with Crippen LogP contribution in [0.15, 0.2) is 322 Å². The van der Waals surface area contributed by atoms with E-state index in [0.717, 1.165) is 193 Å². The van der Waals surface area contributed by atoms with Crippen molar-refractivity contribution in [3.8, 4) is 0 Å². The van der Waals surface area contributed by atoms with Gasteiger partial charge < -0.3 is 43.4 Å². The van der Waals surface area contributed by atoms with Crippen molar-refractivity contribution < 1.29 is 27.4 Å². The van der Waals surface area contributed by atoms with Crippen LogP contribution in [-0.2, 0) is 80.5 Å². The molecule has 14 rings (SSSR count). The van der Waals surface area contributed by atoms with Crippen LogP contribution in [-0.4, -0.2) is 41.5 Å². The van der Waals surface area contributed by atoms with Gasteiger partial charge in [-0.3, -0.25) is 0 Å². The molecule has 6 aromatic heterocycles. The van der Waals surface area contributed by atoms with Crippen molar-refractivity contribution in [3.05, 3.63) is 281 Å². The Labute approximate surface area is 652 Å².